The predicted molar refractivity (Wildman–Crippen MR) is 86.1 cm³/mol. The Morgan fingerprint density at radius 1 is 1.33 bits per heavy atom. The van der Waals surface area contributed by atoms with Crippen LogP contribution in [0.1, 0.15) is 44.9 Å². The monoisotopic (exact) mass is 287 g/mol. The second kappa shape index (κ2) is 5.68. The number of hydrogen-bond acceptors (Lipinski definition) is 3. The molecule has 0 atom stereocenters. The average molecular weight is 287 g/mol. The summed E-state index contributed by atoms with van der Waals surface area (Å²) in [5, 5.41) is 9.90. The van der Waals surface area contributed by atoms with Gasteiger partial charge in [0, 0.05) is 24.1 Å². The summed E-state index contributed by atoms with van der Waals surface area (Å²) in [6.45, 7) is 3.32. The number of nitrogens with two attached hydrogens (primary N) is 1. The molecular formula is C17H25N3O. The zero-order chi connectivity index (χ0) is 14.9. The SMILES string of the molecule is CCCc1nc2cc(N)ccc2n1CC1(CO)CCCC1. The molecule has 1 saturated carbocycles. The van der Waals surface area contributed by atoms with Gasteiger partial charge in [-0.05, 0) is 37.5 Å². The fourth-order valence-electron chi connectivity index (χ4n) is 3.61. The Hall–Kier alpha value is -1.55. The largest absolute Gasteiger partial charge is 0.399 e. The van der Waals surface area contributed by atoms with Crippen molar-refractivity contribution >= 4 is 16.7 Å². The minimum Gasteiger partial charge on any atom is -0.399 e. The fraction of sp³-hybridized carbons (Fsp3) is 0.588. The zero-order valence-corrected chi connectivity index (χ0v) is 12.8. The number of rotatable bonds is 5. The predicted octanol–water partition coefficient (Wildman–Crippen LogP) is 3.12. The molecule has 1 heterocycles. The maximum Gasteiger partial charge on any atom is 0.109 e. The highest BCUT2D eigenvalue weighted by atomic mass is 16.3. The minimum atomic E-state index is 0.0392. The van der Waals surface area contributed by atoms with Crippen LogP contribution >= 0.6 is 0 Å². The number of aliphatic hydroxyl groups excluding tert-OH is 1. The molecular weight excluding hydrogens is 262 g/mol. The van der Waals surface area contributed by atoms with Gasteiger partial charge in [-0.15, -0.1) is 0 Å². The number of nitrogens with zero attached hydrogens (tertiary/aromatic N) is 2. The Labute approximate surface area is 126 Å². The second-order valence-corrected chi connectivity index (χ2v) is 6.48. The first-order chi connectivity index (χ1) is 10.2. The minimum absolute atomic E-state index is 0.0392. The zero-order valence-electron chi connectivity index (χ0n) is 12.8. The van der Waals surface area contributed by atoms with Gasteiger partial charge in [0.25, 0.3) is 0 Å². The third-order valence-corrected chi connectivity index (χ3v) is 4.82. The van der Waals surface area contributed by atoms with Crippen LogP contribution in [0.3, 0.4) is 0 Å². The molecule has 3 N–H and O–H groups in total. The summed E-state index contributed by atoms with van der Waals surface area (Å²) >= 11 is 0. The highest BCUT2D eigenvalue weighted by molar-refractivity contribution is 5.79. The number of hydrogen-bond donors (Lipinski definition) is 2. The van der Waals surface area contributed by atoms with Crippen molar-refractivity contribution in [1.82, 2.24) is 9.55 Å². The summed E-state index contributed by atoms with van der Waals surface area (Å²) < 4.78 is 2.32. The number of nitrogen functional groups attached to an aromatic ring is 1. The number of benzene rings is 1. The van der Waals surface area contributed by atoms with Crippen LogP contribution in [0.15, 0.2) is 18.2 Å². The topological polar surface area (TPSA) is 64.1 Å². The lowest BCUT2D eigenvalue weighted by molar-refractivity contribution is 0.111. The van der Waals surface area contributed by atoms with Crippen molar-refractivity contribution in [2.45, 2.75) is 52.0 Å². The summed E-state index contributed by atoms with van der Waals surface area (Å²) in [6.07, 6.45) is 6.72. The molecule has 0 saturated heterocycles. The molecule has 1 aliphatic rings. The third kappa shape index (κ3) is 2.64. The van der Waals surface area contributed by atoms with Gasteiger partial charge < -0.3 is 15.4 Å². The van der Waals surface area contributed by atoms with E-state index in [-0.39, 0.29) is 12.0 Å². The van der Waals surface area contributed by atoms with E-state index in [1.54, 1.807) is 0 Å². The van der Waals surface area contributed by atoms with Gasteiger partial charge in [-0.25, -0.2) is 4.98 Å². The molecule has 1 aliphatic carbocycles. The Bertz CT molecular complexity index is 626. The molecule has 1 aromatic carbocycles. The van der Waals surface area contributed by atoms with Gasteiger partial charge in [0.1, 0.15) is 5.82 Å². The van der Waals surface area contributed by atoms with Crippen LogP contribution in [0.4, 0.5) is 5.69 Å². The molecule has 0 unspecified atom stereocenters. The van der Waals surface area contributed by atoms with E-state index in [1.165, 1.54) is 12.8 Å². The van der Waals surface area contributed by atoms with Crippen LogP contribution in [0.5, 0.6) is 0 Å². The summed E-state index contributed by atoms with van der Waals surface area (Å²) in [6, 6.07) is 5.96. The average Bonchev–Trinajstić information content (AvgIpc) is 3.06. The third-order valence-electron chi connectivity index (χ3n) is 4.82. The maximum absolute atomic E-state index is 9.90. The van der Waals surface area contributed by atoms with E-state index in [2.05, 4.69) is 17.6 Å². The summed E-state index contributed by atoms with van der Waals surface area (Å²) in [7, 11) is 0. The van der Waals surface area contributed by atoms with E-state index >= 15 is 0 Å². The van der Waals surface area contributed by atoms with Crippen LogP contribution in [-0.2, 0) is 13.0 Å². The van der Waals surface area contributed by atoms with Gasteiger partial charge in [0.15, 0.2) is 0 Å². The number of aromatic nitrogens is 2. The normalized spacial score (nSPS) is 17.6. The number of aryl methyl sites for hydroxylation is 1. The molecule has 4 nitrogen and oxygen atoms in total. The second-order valence-electron chi connectivity index (χ2n) is 6.48. The van der Waals surface area contributed by atoms with Gasteiger partial charge in [-0.2, -0.15) is 0 Å². The van der Waals surface area contributed by atoms with E-state index in [1.807, 2.05) is 12.1 Å². The van der Waals surface area contributed by atoms with Crippen LogP contribution in [-0.4, -0.2) is 21.3 Å². The van der Waals surface area contributed by atoms with Gasteiger partial charge in [0.05, 0.1) is 17.6 Å². The Morgan fingerprint density at radius 3 is 2.76 bits per heavy atom. The highest BCUT2D eigenvalue weighted by Gasteiger charge is 2.34. The Kier molecular flexibility index (Phi) is 3.89. The molecule has 0 radical (unpaired) electrons. The van der Waals surface area contributed by atoms with Crippen LogP contribution < -0.4 is 5.73 Å². The first-order valence-electron chi connectivity index (χ1n) is 8.03. The van der Waals surface area contributed by atoms with Gasteiger partial charge in [0.2, 0.25) is 0 Å². The lowest BCUT2D eigenvalue weighted by atomic mass is 9.87. The van der Waals surface area contributed by atoms with Crippen LogP contribution in [0, 0.1) is 5.41 Å². The van der Waals surface area contributed by atoms with Crippen molar-refractivity contribution < 1.29 is 5.11 Å². The van der Waals surface area contributed by atoms with E-state index in [9.17, 15) is 5.11 Å². The standard InChI is InChI=1S/C17H25N3O/c1-2-5-16-19-14-10-13(18)6-7-15(14)20(16)11-17(12-21)8-3-4-9-17/h6-7,10,21H,2-5,8-9,11-12,18H2,1H3. The van der Waals surface area contributed by atoms with E-state index in [0.29, 0.717) is 0 Å². The number of fused-ring (bicyclic) bond motifs is 1. The van der Waals surface area contributed by atoms with E-state index in [4.69, 9.17) is 10.7 Å². The van der Waals surface area contributed by atoms with Crippen molar-refractivity contribution in [1.29, 1.82) is 0 Å². The van der Waals surface area contributed by atoms with Crippen LogP contribution in [0.25, 0.3) is 11.0 Å². The number of imidazole rings is 1. The molecule has 3 rings (SSSR count). The maximum atomic E-state index is 9.90. The van der Waals surface area contributed by atoms with Crippen molar-refractivity contribution in [3.63, 3.8) is 0 Å². The lowest BCUT2D eigenvalue weighted by Gasteiger charge is -2.28. The van der Waals surface area contributed by atoms with Crippen LogP contribution in [0.2, 0.25) is 0 Å². The molecule has 0 amide bonds. The molecule has 1 aromatic heterocycles. The quantitative estimate of drug-likeness (QED) is 0.830. The smallest absolute Gasteiger partial charge is 0.109 e. The Morgan fingerprint density at radius 2 is 2.10 bits per heavy atom. The lowest BCUT2D eigenvalue weighted by Crippen LogP contribution is -2.28. The number of aliphatic hydroxyl groups is 1. The van der Waals surface area contributed by atoms with E-state index < -0.39 is 0 Å². The van der Waals surface area contributed by atoms with Crippen molar-refractivity contribution in [3.05, 3.63) is 24.0 Å². The van der Waals surface area contributed by atoms with Gasteiger partial charge in [-0.1, -0.05) is 19.8 Å². The molecule has 114 valence electrons. The number of anilines is 1. The fourth-order valence-corrected chi connectivity index (χ4v) is 3.61. The van der Waals surface area contributed by atoms with E-state index in [0.717, 1.165) is 54.8 Å². The van der Waals surface area contributed by atoms with Crippen molar-refractivity contribution in [3.8, 4) is 0 Å². The molecule has 4 heteroatoms. The molecule has 1 fully saturated rings. The highest BCUT2D eigenvalue weighted by Crippen LogP contribution is 2.40. The summed E-state index contributed by atoms with van der Waals surface area (Å²) in [4.78, 5) is 4.77. The van der Waals surface area contributed by atoms with Crippen molar-refractivity contribution in [2.24, 2.45) is 5.41 Å². The van der Waals surface area contributed by atoms with Gasteiger partial charge >= 0.3 is 0 Å². The van der Waals surface area contributed by atoms with Gasteiger partial charge in [-0.3, -0.25) is 0 Å². The molecule has 21 heavy (non-hydrogen) atoms. The van der Waals surface area contributed by atoms with Crippen molar-refractivity contribution in [2.75, 3.05) is 12.3 Å². The molecule has 0 aliphatic heterocycles. The first kappa shape index (κ1) is 14.4. The Balaban J connectivity index is 2.04. The summed E-state index contributed by atoms with van der Waals surface area (Å²) in [5.74, 6) is 1.12. The molecule has 0 bridgehead atoms. The molecule has 2 aromatic rings. The first-order valence-corrected chi connectivity index (χ1v) is 8.03. The molecule has 0 spiro atoms. The summed E-state index contributed by atoms with van der Waals surface area (Å²) in [5.41, 5.74) is 8.80.